The van der Waals surface area contributed by atoms with Crippen molar-refractivity contribution in [2.45, 2.75) is 38.6 Å². The number of ether oxygens (including phenoxy) is 1. The largest absolute Gasteiger partial charge is 0.388 e. The molecule has 2 aromatic carbocycles. The number of aromatic nitrogens is 2. The predicted octanol–water partition coefficient (Wildman–Crippen LogP) is 5.63. The Hall–Kier alpha value is -2.61. The second-order valence-electron chi connectivity index (χ2n) is 8.35. The fraction of sp³-hybridized carbons (Fsp3) is 0.385. The number of morpholine rings is 1. The van der Waals surface area contributed by atoms with Crippen LogP contribution in [-0.2, 0) is 4.74 Å². The average Bonchev–Trinajstić information content (AvgIpc) is 3.27. The molecular weight excluding hydrogens is 432 g/mol. The molecule has 1 saturated heterocycles. The van der Waals surface area contributed by atoms with Crippen LogP contribution in [0.25, 0.3) is 11.3 Å². The Morgan fingerprint density at radius 1 is 1.09 bits per heavy atom. The summed E-state index contributed by atoms with van der Waals surface area (Å²) in [4.78, 5) is 12.4. The van der Waals surface area contributed by atoms with Gasteiger partial charge in [-0.15, -0.1) is 0 Å². The number of nitrogens with zero attached hydrogens (tertiary/aromatic N) is 3. The van der Waals surface area contributed by atoms with Gasteiger partial charge in [0.25, 0.3) is 0 Å². The van der Waals surface area contributed by atoms with Gasteiger partial charge in [0.05, 0.1) is 18.8 Å². The van der Waals surface area contributed by atoms with Gasteiger partial charge in [0.15, 0.2) is 6.29 Å². The molecule has 0 saturated carbocycles. The zero-order chi connectivity index (χ0) is 23.8. The molecule has 1 aliphatic heterocycles. The van der Waals surface area contributed by atoms with Crippen LogP contribution >= 0.6 is 11.9 Å². The summed E-state index contributed by atoms with van der Waals surface area (Å²) in [6, 6.07) is 14.8. The maximum Gasteiger partial charge on any atom is 0.153 e. The van der Waals surface area contributed by atoms with Gasteiger partial charge in [0.2, 0.25) is 0 Å². The quantitative estimate of drug-likeness (QED) is 0.375. The second kappa shape index (κ2) is 12.0. The third-order valence-corrected chi connectivity index (χ3v) is 6.68. The van der Waals surface area contributed by atoms with Crippen molar-refractivity contribution in [3.63, 3.8) is 0 Å². The third kappa shape index (κ3) is 6.93. The van der Waals surface area contributed by atoms with E-state index < -0.39 is 0 Å². The Kier molecular flexibility index (Phi) is 9.11. The van der Waals surface area contributed by atoms with E-state index in [0.717, 1.165) is 43.8 Å². The molecule has 1 aromatic heterocycles. The fourth-order valence-electron chi connectivity index (χ4n) is 3.32. The van der Waals surface area contributed by atoms with E-state index >= 15 is 0 Å². The molecule has 0 bridgehead atoms. The smallest absolute Gasteiger partial charge is 0.153 e. The van der Waals surface area contributed by atoms with Gasteiger partial charge in [-0.3, -0.25) is 9.48 Å². The number of rotatable bonds is 6. The van der Waals surface area contributed by atoms with Crippen LogP contribution in [0.5, 0.6) is 0 Å². The molecule has 1 fully saturated rings. The maximum absolute atomic E-state index is 11.1. The van der Waals surface area contributed by atoms with Crippen molar-refractivity contribution >= 4 is 23.9 Å². The molecule has 1 N–H and O–H groups in total. The molecule has 176 valence electrons. The molecule has 0 radical (unpaired) electrons. The van der Waals surface area contributed by atoms with Gasteiger partial charge in [-0.2, -0.15) is 5.10 Å². The molecule has 3 aromatic rings. The highest BCUT2D eigenvalue weighted by Crippen LogP contribution is 2.29. The van der Waals surface area contributed by atoms with Crippen molar-refractivity contribution in [2.75, 3.05) is 38.7 Å². The van der Waals surface area contributed by atoms with E-state index in [-0.39, 0.29) is 6.04 Å². The van der Waals surface area contributed by atoms with E-state index in [2.05, 4.69) is 39.8 Å². The van der Waals surface area contributed by atoms with Gasteiger partial charge in [0.1, 0.15) is 5.69 Å². The minimum Gasteiger partial charge on any atom is -0.388 e. The zero-order valence-electron chi connectivity index (χ0n) is 20.2. The highest BCUT2D eigenvalue weighted by molar-refractivity contribution is 7.97. The van der Waals surface area contributed by atoms with E-state index in [4.69, 9.17) is 4.74 Å². The summed E-state index contributed by atoms with van der Waals surface area (Å²) in [5.41, 5.74) is 6.08. The number of benzene rings is 2. The highest BCUT2D eigenvalue weighted by Gasteiger charge is 2.13. The van der Waals surface area contributed by atoms with Crippen LogP contribution in [0, 0.1) is 13.8 Å². The number of aldehydes is 1. The van der Waals surface area contributed by atoms with Crippen LogP contribution in [0.4, 0.5) is 5.69 Å². The van der Waals surface area contributed by atoms with Gasteiger partial charge in [-0.05, 0) is 57.3 Å². The lowest BCUT2D eigenvalue weighted by Crippen LogP contribution is -2.30. The molecule has 0 unspecified atom stereocenters. The summed E-state index contributed by atoms with van der Waals surface area (Å²) < 4.78 is 9.53. The first kappa shape index (κ1) is 25.0. The van der Waals surface area contributed by atoms with Crippen molar-refractivity contribution in [3.8, 4) is 11.3 Å². The summed E-state index contributed by atoms with van der Waals surface area (Å²) >= 11 is 1.83. The fourth-order valence-corrected chi connectivity index (χ4v) is 4.32. The molecule has 0 spiro atoms. The lowest BCUT2D eigenvalue weighted by Gasteiger charge is -2.26. The normalized spacial score (nSPS) is 14.0. The van der Waals surface area contributed by atoms with E-state index in [1.54, 1.807) is 6.20 Å². The third-order valence-electron chi connectivity index (χ3n) is 5.42. The van der Waals surface area contributed by atoms with Crippen molar-refractivity contribution in [1.82, 2.24) is 14.1 Å². The zero-order valence-corrected chi connectivity index (χ0v) is 21.0. The Morgan fingerprint density at radius 2 is 1.79 bits per heavy atom. The van der Waals surface area contributed by atoms with Gasteiger partial charge in [-0.1, -0.05) is 35.9 Å². The van der Waals surface area contributed by atoms with Crippen molar-refractivity contribution in [3.05, 3.63) is 65.4 Å². The molecule has 33 heavy (non-hydrogen) atoms. The first-order valence-electron chi connectivity index (χ1n) is 11.3. The number of hydrogen-bond acceptors (Lipinski definition) is 6. The Balaban J connectivity index is 0.000000186. The maximum atomic E-state index is 11.1. The summed E-state index contributed by atoms with van der Waals surface area (Å²) in [6.07, 6.45) is 2.66. The van der Waals surface area contributed by atoms with Crippen LogP contribution in [0.3, 0.4) is 0 Å². The van der Waals surface area contributed by atoms with Crippen molar-refractivity contribution in [2.24, 2.45) is 0 Å². The number of carbonyl (C=O) groups is 1. The van der Waals surface area contributed by atoms with E-state index in [1.165, 1.54) is 21.7 Å². The number of carbonyl (C=O) groups excluding carboxylic acids is 1. The minimum absolute atomic E-state index is 0.257. The highest BCUT2D eigenvalue weighted by atomic mass is 32.2. The SMILES string of the molecule is CNc1ccc(C)c(SN2CCOCC2)c1.Cc1ccc(-c2nn(C(C)C)cc2C=O)cc1. The molecule has 4 rings (SSSR count). The standard InChI is InChI=1S/C14H16N2O.C12H18N2OS/c1-10(2)16-8-13(9-17)14(15-16)12-6-4-11(3)5-7-12;1-10-3-4-11(13-2)9-12(10)16-14-5-7-15-8-6-14/h4-10H,1-3H3;3-4,9,13H,5-8H2,1-2H3. The topological polar surface area (TPSA) is 59.4 Å². The Bertz CT molecular complexity index is 1040. The summed E-state index contributed by atoms with van der Waals surface area (Å²) in [7, 11) is 1.95. The second-order valence-corrected chi connectivity index (χ2v) is 9.49. The lowest BCUT2D eigenvalue weighted by molar-refractivity contribution is 0.0773. The molecule has 0 amide bonds. The molecule has 2 heterocycles. The number of aryl methyl sites for hydroxylation is 2. The van der Waals surface area contributed by atoms with Crippen LogP contribution in [-0.4, -0.2) is 53.7 Å². The molecule has 0 atom stereocenters. The summed E-state index contributed by atoms with van der Waals surface area (Å²) in [5.74, 6) is 0. The summed E-state index contributed by atoms with van der Waals surface area (Å²) in [6.45, 7) is 12.0. The van der Waals surface area contributed by atoms with Gasteiger partial charge >= 0.3 is 0 Å². The number of hydrogen-bond donors (Lipinski definition) is 1. The van der Waals surface area contributed by atoms with Crippen LogP contribution in [0.15, 0.2) is 53.6 Å². The van der Waals surface area contributed by atoms with Crippen LogP contribution in [0.2, 0.25) is 0 Å². The molecule has 7 heteroatoms. The summed E-state index contributed by atoms with van der Waals surface area (Å²) in [5, 5.41) is 7.64. The van der Waals surface area contributed by atoms with E-state index in [9.17, 15) is 4.79 Å². The van der Waals surface area contributed by atoms with E-state index in [0.29, 0.717) is 5.56 Å². The van der Waals surface area contributed by atoms with Crippen molar-refractivity contribution < 1.29 is 9.53 Å². The minimum atomic E-state index is 0.257. The number of anilines is 1. The lowest BCUT2D eigenvalue weighted by atomic mass is 10.1. The average molecular weight is 467 g/mol. The van der Waals surface area contributed by atoms with Crippen LogP contribution < -0.4 is 5.32 Å². The Labute approximate surface area is 201 Å². The molecule has 6 nitrogen and oxygen atoms in total. The first-order chi connectivity index (χ1) is 15.9. The Morgan fingerprint density at radius 3 is 2.39 bits per heavy atom. The van der Waals surface area contributed by atoms with Gasteiger partial charge in [-0.25, -0.2) is 4.31 Å². The molecule has 1 aliphatic rings. The van der Waals surface area contributed by atoms with Crippen LogP contribution in [0.1, 0.15) is 41.4 Å². The number of nitrogens with one attached hydrogen (secondary N) is 1. The first-order valence-corrected chi connectivity index (χ1v) is 12.1. The van der Waals surface area contributed by atoms with Crippen molar-refractivity contribution in [1.29, 1.82) is 0 Å². The monoisotopic (exact) mass is 466 g/mol. The van der Waals surface area contributed by atoms with Gasteiger partial charge < -0.3 is 10.1 Å². The van der Waals surface area contributed by atoms with E-state index in [1.807, 2.05) is 68.7 Å². The van der Waals surface area contributed by atoms with Gasteiger partial charge in [0, 0.05) is 48.5 Å². The molecule has 0 aliphatic carbocycles. The predicted molar refractivity (Wildman–Crippen MR) is 137 cm³/mol. The molecular formula is C26H34N4O2S.